The lowest BCUT2D eigenvalue weighted by molar-refractivity contribution is -0.137. The van der Waals surface area contributed by atoms with E-state index in [1.165, 1.54) is 36.5 Å². The van der Waals surface area contributed by atoms with Crippen LogP contribution in [0.4, 0.5) is 41.0 Å². The average Bonchev–Trinajstić information content (AvgIpc) is 2.81. The molecule has 0 saturated heterocycles. The lowest BCUT2D eigenvalue weighted by Crippen LogP contribution is -2.44. The summed E-state index contributed by atoms with van der Waals surface area (Å²) in [6.45, 7) is 3.73. The van der Waals surface area contributed by atoms with Crippen LogP contribution in [-0.4, -0.2) is 41.7 Å². The van der Waals surface area contributed by atoms with E-state index < -0.39 is 29.7 Å². The monoisotopic (exact) mass is 502 g/mol. The summed E-state index contributed by atoms with van der Waals surface area (Å²) in [6.07, 6.45) is -3.34. The number of benzene rings is 2. The third-order valence-electron chi connectivity index (χ3n) is 5.18. The van der Waals surface area contributed by atoms with Crippen molar-refractivity contribution in [1.82, 2.24) is 9.97 Å². The van der Waals surface area contributed by atoms with Gasteiger partial charge in [-0.05, 0) is 49.7 Å². The minimum atomic E-state index is -4.57. The number of ether oxygens (including phenoxy) is 1. The molecule has 0 bridgehead atoms. The highest BCUT2D eigenvalue weighted by Gasteiger charge is 2.31. The van der Waals surface area contributed by atoms with Gasteiger partial charge in [-0.2, -0.15) is 13.2 Å². The maximum absolute atomic E-state index is 13.2. The van der Waals surface area contributed by atoms with Crippen LogP contribution in [0, 0.1) is 6.92 Å². The minimum Gasteiger partial charge on any atom is -0.384 e. The molecule has 0 aliphatic carbocycles. The van der Waals surface area contributed by atoms with Crippen LogP contribution in [0.5, 0.6) is 0 Å². The summed E-state index contributed by atoms with van der Waals surface area (Å²) >= 11 is 0. The lowest BCUT2D eigenvalue weighted by atomic mass is 10.1. The summed E-state index contributed by atoms with van der Waals surface area (Å²) in [7, 11) is 1.50. The van der Waals surface area contributed by atoms with Gasteiger partial charge in [0, 0.05) is 30.1 Å². The Hall–Kier alpha value is -4.19. The van der Waals surface area contributed by atoms with Crippen molar-refractivity contribution in [3.05, 3.63) is 71.5 Å². The molecule has 0 aliphatic heterocycles. The molecule has 4 N–H and O–H groups in total. The molecule has 0 saturated carbocycles. The lowest BCUT2D eigenvalue weighted by Gasteiger charge is -2.28. The molecule has 2 aromatic carbocycles. The van der Waals surface area contributed by atoms with Crippen LogP contribution in [0.3, 0.4) is 0 Å². The molecule has 190 valence electrons. The zero-order valence-electron chi connectivity index (χ0n) is 19.8. The number of hydrogen-bond acceptors (Lipinski definition) is 6. The highest BCUT2D eigenvalue weighted by molar-refractivity contribution is 6.06. The Bertz CT molecular complexity index is 1250. The zero-order valence-corrected chi connectivity index (χ0v) is 19.8. The highest BCUT2D eigenvalue weighted by atomic mass is 19.4. The van der Waals surface area contributed by atoms with Gasteiger partial charge >= 0.3 is 12.2 Å². The smallest absolute Gasteiger partial charge is 0.384 e. The molecule has 1 unspecified atom stereocenters. The number of nitrogen functional groups attached to an aromatic ring is 1. The van der Waals surface area contributed by atoms with Crippen molar-refractivity contribution >= 4 is 34.9 Å². The Morgan fingerprint density at radius 2 is 1.86 bits per heavy atom. The van der Waals surface area contributed by atoms with E-state index in [2.05, 4.69) is 20.6 Å². The van der Waals surface area contributed by atoms with E-state index in [0.717, 1.165) is 18.2 Å². The second kappa shape index (κ2) is 11.0. The van der Waals surface area contributed by atoms with Gasteiger partial charge in [0.25, 0.3) is 5.91 Å². The first kappa shape index (κ1) is 26.4. The van der Waals surface area contributed by atoms with Gasteiger partial charge in [0.15, 0.2) is 0 Å². The summed E-state index contributed by atoms with van der Waals surface area (Å²) in [5, 5.41) is 5.34. The SMILES string of the molecule is COCC(C)N(C(=O)Nc1cc(NC(=O)c2cccc(C(F)(F)F)c2)ccc1C)c1cc(N)ncn1. The summed E-state index contributed by atoms with van der Waals surface area (Å²) in [5.74, 6) is -0.289. The van der Waals surface area contributed by atoms with Crippen LogP contribution in [0.25, 0.3) is 0 Å². The van der Waals surface area contributed by atoms with Crippen molar-refractivity contribution in [2.75, 3.05) is 35.0 Å². The highest BCUT2D eigenvalue weighted by Crippen LogP contribution is 2.30. The van der Waals surface area contributed by atoms with Crippen molar-refractivity contribution in [3.8, 4) is 0 Å². The topological polar surface area (TPSA) is 122 Å². The van der Waals surface area contributed by atoms with E-state index in [1.54, 1.807) is 26.0 Å². The van der Waals surface area contributed by atoms with Gasteiger partial charge in [-0.15, -0.1) is 0 Å². The normalized spacial score (nSPS) is 12.1. The molecule has 0 fully saturated rings. The van der Waals surface area contributed by atoms with Crippen LogP contribution < -0.4 is 21.3 Å². The molecule has 36 heavy (non-hydrogen) atoms. The Labute approximate surface area is 205 Å². The fourth-order valence-corrected chi connectivity index (χ4v) is 3.39. The summed E-state index contributed by atoms with van der Waals surface area (Å²) in [5.41, 5.74) is 6.00. The average molecular weight is 502 g/mol. The first-order chi connectivity index (χ1) is 17.0. The number of anilines is 4. The van der Waals surface area contributed by atoms with Crippen molar-refractivity contribution in [3.63, 3.8) is 0 Å². The maximum Gasteiger partial charge on any atom is 0.416 e. The molecular formula is C24H25F3N6O3. The van der Waals surface area contributed by atoms with Gasteiger partial charge < -0.3 is 21.1 Å². The molecule has 1 atom stereocenters. The van der Waals surface area contributed by atoms with E-state index in [9.17, 15) is 22.8 Å². The number of alkyl halides is 3. The molecule has 0 aliphatic rings. The fourth-order valence-electron chi connectivity index (χ4n) is 3.39. The Balaban J connectivity index is 1.83. The first-order valence-electron chi connectivity index (χ1n) is 10.8. The van der Waals surface area contributed by atoms with Gasteiger partial charge in [0.1, 0.15) is 18.0 Å². The first-order valence-corrected chi connectivity index (χ1v) is 10.8. The number of nitrogens with one attached hydrogen (secondary N) is 2. The number of carbonyl (C=O) groups is 2. The molecule has 1 aromatic heterocycles. The number of aryl methyl sites for hydroxylation is 1. The molecule has 3 rings (SSSR count). The third-order valence-corrected chi connectivity index (χ3v) is 5.18. The van der Waals surface area contributed by atoms with Crippen molar-refractivity contribution < 1.29 is 27.5 Å². The number of aromatic nitrogens is 2. The number of halogens is 3. The number of amides is 3. The van der Waals surface area contributed by atoms with E-state index in [4.69, 9.17) is 10.5 Å². The van der Waals surface area contributed by atoms with Crippen LogP contribution in [0.15, 0.2) is 54.9 Å². The number of methoxy groups -OCH3 is 1. The summed E-state index contributed by atoms with van der Waals surface area (Å²) in [4.78, 5) is 35.2. The molecule has 3 aromatic rings. The largest absolute Gasteiger partial charge is 0.416 e. The van der Waals surface area contributed by atoms with Gasteiger partial charge in [-0.3, -0.25) is 9.69 Å². The van der Waals surface area contributed by atoms with Gasteiger partial charge in [-0.1, -0.05) is 12.1 Å². The van der Waals surface area contributed by atoms with Gasteiger partial charge in [0.05, 0.1) is 18.2 Å². The van der Waals surface area contributed by atoms with E-state index in [0.29, 0.717) is 11.3 Å². The number of nitrogens with zero attached hydrogens (tertiary/aromatic N) is 3. The second-order valence-electron chi connectivity index (χ2n) is 7.97. The molecular weight excluding hydrogens is 477 g/mol. The number of carbonyl (C=O) groups excluding carboxylic acids is 2. The van der Waals surface area contributed by atoms with Gasteiger partial charge in [-0.25, -0.2) is 14.8 Å². The quantitative estimate of drug-likeness (QED) is 0.430. The van der Waals surface area contributed by atoms with Crippen molar-refractivity contribution in [1.29, 1.82) is 0 Å². The molecule has 12 heteroatoms. The summed E-state index contributed by atoms with van der Waals surface area (Å²) < 4.78 is 44.2. The second-order valence-corrected chi connectivity index (χ2v) is 7.97. The van der Waals surface area contributed by atoms with E-state index >= 15 is 0 Å². The Morgan fingerprint density at radius 3 is 2.53 bits per heavy atom. The molecule has 0 spiro atoms. The van der Waals surface area contributed by atoms with Crippen molar-refractivity contribution in [2.24, 2.45) is 0 Å². The number of nitrogens with two attached hydrogens (primary N) is 1. The van der Waals surface area contributed by atoms with Crippen LogP contribution in [0.1, 0.15) is 28.4 Å². The zero-order chi connectivity index (χ0) is 26.5. The van der Waals surface area contributed by atoms with Crippen LogP contribution >= 0.6 is 0 Å². The van der Waals surface area contributed by atoms with Crippen LogP contribution in [0.2, 0.25) is 0 Å². The third kappa shape index (κ3) is 6.48. The Morgan fingerprint density at radius 1 is 1.11 bits per heavy atom. The van der Waals surface area contributed by atoms with Gasteiger partial charge in [0.2, 0.25) is 0 Å². The predicted molar refractivity (Wildman–Crippen MR) is 130 cm³/mol. The minimum absolute atomic E-state index is 0.156. The number of rotatable bonds is 7. The van der Waals surface area contributed by atoms with Crippen LogP contribution in [-0.2, 0) is 10.9 Å². The summed E-state index contributed by atoms with van der Waals surface area (Å²) in [6, 6.07) is 9.33. The number of urea groups is 1. The molecule has 0 radical (unpaired) electrons. The van der Waals surface area contributed by atoms with Crippen molar-refractivity contribution in [2.45, 2.75) is 26.1 Å². The predicted octanol–water partition coefficient (Wildman–Crippen LogP) is 4.71. The molecule has 1 heterocycles. The number of hydrogen-bond donors (Lipinski definition) is 3. The molecule has 9 nitrogen and oxygen atoms in total. The Kier molecular flexibility index (Phi) is 8.10. The van der Waals surface area contributed by atoms with E-state index in [-0.39, 0.29) is 29.5 Å². The molecule has 3 amide bonds. The maximum atomic E-state index is 13.2. The van der Waals surface area contributed by atoms with E-state index in [1.807, 2.05) is 0 Å². The fraction of sp³-hybridized carbons (Fsp3) is 0.250. The standard InChI is InChI=1S/C24H25F3N6O3/c1-14-7-8-18(31-22(34)16-5-4-6-17(9-16)24(25,26)27)10-19(14)32-23(35)33(15(2)12-36-3)21-11-20(28)29-13-30-21/h4-11,13,15H,12H2,1-3H3,(H,31,34)(H,32,35)(H2,28,29,30).